The molecule has 0 bridgehead atoms. The van der Waals surface area contributed by atoms with Gasteiger partial charge in [-0.2, -0.15) is 0 Å². The molecule has 2 aromatic rings. The van der Waals surface area contributed by atoms with Gasteiger partial charge in [-0.15, -0.1) is 0 Å². The average Bonchev–Trinajstić information content (AvgIpc) is 2.66. The second-order valence-electron chi connectivity index (χ2n) is 8.33. The molecule has 1 amide bonds. The predicted molar refractivity (Wildman–Crippen MR) is 112 cm³/mol. The highest BCUT2D eigenvalue weighted by molar-refractivity contribution is 7.92. The quantitative estimate of drug-likeness (QED) is 0.777. The van der Waals surface area contributed by atoms with Crippen LogP contribution in [0.25, 0.3) is 0 Å². The van der Waals surface area contributed by atoms with Crippen LogP contribution in [0.4, 0.5) is 5.69 Å². The van der Waals surface area contributed by atoms with E-state index in [0.29, 0.717) is 24.3 Å². The number of carbonyl (C=O) groups excluding carboxylic acids is 1. The number of likely N-dealkylation sites (tertiary alicyclic amines) is 1. The summed E-state index contributed by atoms with van der Waals surface area (Å²) in [5, 5.41) is 0. The number of benzene rings is 2. The van der Waals surface area contributed by atoms with E-state index in [0.717, 1.165) is 18.4 Å². The summed E-state index contributed by atoms with van der Waals surface area (Å²) in [5.41, 5.74) is 2.07. The molecule has 0 N–H and O–H groups in total. The van der Waals surface area contributed by atoms with Crippen molar-refractivity contribution < 1.29 is 13.2 Å². The Bertz CT molecular complexity index is 983. The summed E-state index contributed by atoms with van der Waals surface area (Å²) in [4.78, 5) is 14.9. The average molecular weight is 401 g/mol. The van der Waals surface area contributed by atoms with E-state index in [-0.39, 0.29) is 16.2 Å². The van der Waals surface area contributed by atoms with Gasteiger partial charge >= 0.3 is 0 Å². The van der Waals surface area contributed by atoms with E-state index in [9.17, 15) is 13.2 Å². The van der Waals surface area contributed by atoms with Gasteiger partial charge in [0.25, 0.3) is 15.9 Å². The van der Waals surface area contributed by atoms with Crippen molar-refractivity contribution in [2.45, 2.75) is 38.5 Å². The van der Waals surface area contributed by atoms with Crippen LogP contribution in [-0.2, 0) is 10.0 Å². The summed E-state index contributed by atoms with van der Waals surface area (Å²) in [6.07, 6.45) is 2.05. The van der Waals surface area contributed by atoms with Crippen molar-refractivity contribution in [1.29, 1.82) is 0 Å². The Morgan fingerprint density at radius 1 is 1.11 bits per heavy atom. The number of anilines is 1. The Hall–Kier alpha value is -2.34. The van der Waals surface area contributed by atoms with Crippen molar-refractivity contribution in [3.8, 4) is 0 Å². The van der Waals surface area contributed by atoms with Gasteiger partial charge < -0.3 is 4.90 Å². The van der Waals surface area contributed by atoms with E-state index >= 15 is 0 Å². The number of piperidine rings is 1. The lowest BCUT2D eigenvalue weighted by Gasteiger charge is -2.38. The highest BCUT2D eigenvalue weighted by Crippen LogP contribution is 2.30. The van der Waals surface area contributed by atoms with E-state index in [2.05, 4.69) is 13.8 Å². The molecule has 150 valence electrons. The topological polar surface area (TPSA) is 57.7 Å². The summed E-state index contributed by atoms with van der Waals surface area (Å²) in [7, 11) is -2.22. The minimum absolute atomic E-state index is 0.0863. The largest absolute Gasteiger partial charge is 0.338 e. The molecule has 1 aliphatic rings. The molecule has 0 aromatic heterocycles. The Balaban J connectivity index is 1.89. The third-order valence-electron chi connectivity index (χ3n) is 5.29. The Labute approximate surface area is 168 Å². The monoisotopic (exact) mass is 400 g/mol. The number of nitrogens with zero attached hydrogens (tertiary/aromatic N) is 2. The second kappa shape index (κ2) is 7.59. The molecule has 1 aliphatic heterocycles. The van der Waals surface area contributed by atoms with Gasteiger partial charge in [0.1, 0.15) is 0 Å². The van der Waals surface area contributed by atoms with Crippen LogP contribution in [0.1, 0.15) is 42.6 Å². The van der Waals surface area contributed by atoms with Gasteiger partial charge in [-0.3, -0.25) is 9.10 Å². The normalized spacial score (nSPS) is 16.6. The molecule has 1 heterocycles. The lowest BCUT2D eigenvalue weighted by molar-refractivity contribution is 0.0583. The highest BCUT2D eigenvalue weighted by Gasteiger charge is 2.30. The molecule has 0 spiro atoms. The van der Waals surface area contributed by atoms with E-state index in [1.807, 2.05) is 30.0 Å². The van der Waals surface area contributed by atoms with Crippen LogP contribution in [-0.4, -0.2) is 39.4 Å². The lowest BCUT2D eigenvalue weighted by atomic mass is 9.84. The van der Waals surface area contributed by atoms with Gasteiger partial charge in [0.05, 0.1) is 10.6 Å². The van der Waals surface area contributed by atoms with Gasteiger partial charge in [-0.05, 0) is 61.1 Å². The van der Waals surface area contributed by atoms with Crippen molar-refractivity contribution in [3.05, 3.63) is 59.7 Å². The molecular formula is C22H28N2O3S. The van der Waals surface area contributed by atoms with Crippen molar-refractivity contribution in [2.24, 2.45) is 5.41 Å². The molecule has 2 aromatic carbocycles. The molecular weight excluding hydrogens is 372 g/mol. The molecule has 0 saturated carbocycles. The minimum atomic E-state index is -3.76. The molecule has 0 aliphatic carbocycles. The maximum atomic E-state index is 13.1. The van der Waals surface area contributed by atoms with Crippen LogP contribution < -0.4 is 4.31 Å². The number of sulfonamides is 1. The Kier molecular flexibility index (Phi) is 5.53. The molecule has 28 heavy (non-hydrogen) atoms. The zero-order chi connectivity index (χ0) is 20.5. The molecule has 0 radical (unpaired) electrons. The lowest BCUT2D eigenvalue weighted by Crippen LogP contribution is -2.43. The highest BCUT2D eigenvalue weighted by atomic mass is 32.2. The minimum Gasteiger partial charge on any atom is -0.338 e. The first-order valence-electron chi connectivity index (χ1n) is 9.55. The standard InChI is InChI=1S/C22H28N2O3S/c1-17-8-5-10-19(14-17)23(4)28(26,27)20-11-6-9-18(15-20)21(25)24-13-7-12-22(2,3)16-24/h5-6,8-11,14-15H,7,12-13,16H2,1-4H3. The third-order valence-corrected chi connectivity index (χ3v) is 7.07. The number of hydrogen-bond acceptors (Lipinski definition) is 3. The first kappa shape index (κ1) is 20.4. The third kappa shape index (κ3) is 4.22. The van der Waals surface area contributed by atoms with E-state index < -0.39 is 10.0 Å². The summed E-state index contributed by atoms with van der Waals surface area (Å²) >= 11 is 0. The van der Waals surface area contributed by atoms with Crippen LogP contribution in [0, 0.1) is 12.3 Å². The van der Waals surface area contributed by atoms with Gasteiger partial charge in [0.15, 0.2) is 0 Å². The van der Waals surface area contributed by atoms with Gasteiger partial charge in [-0.25, -0.2) is 8.42 Å². The number of rotatable bonds is 4. The molecule has 1 fully saturated rings. The molecule has 0 atom stereocenters. The summed E-state index contributed by atoms with van der Waals surface area (Å²) < 4.78 is 27.5. The van der Waals surface area contributed by atoms with Crippen molar-refractivity contribution in [1.82, 2.24) is 4.90 Å². The van der Waals surface area contributed by atoms with Crippen molar-refractivity contribution in [3.63, 3.8) is 0 Å². The zero-order valence-electron chi connectivity index (χ0n) is 17.0. The maximum absolute atomic E-state index is 13.1. The number of amides is 1. The van der Waals surface area contributed by atoms with Crippen LogP contribution in [0.2, 0.25) is 0 Å². The smallest absolute Gasteiger partial charge is 0.264 e. The molecule has 6 heteroatoms. The number of carbonyl (C=O) groups is 1. The zero-order valence-corrected chi connectivity index (χ0v) is 17.8. The summed E-state index contributed by atoms with van der Waals surface area (Å²) in [6, 6.07) is 13.7. The van der Waals surface area contributed by atoms with E-state index in [1.54, 1.807) is 24.3 Å². The molecule has 5 nitrogen and oxygen atoms in total. The van der Waals surface area contributed by atoms with Crippen LogP contribution >= 0.6 is 0 Å². The first-order valence-corrected chi connectivity index (χ1v) is 11.0. The van der Waals surface area contributed by atoms with Gasteiger partial charge in [0, 0.05) is 25.7 Å². The van der Waals surface area contributed by atoms with Crippen LogP contribution in [0.3, 0.4) is 0 Å². The number of hydrogen-bond donors (Lipinski definition) is 0. The molecule has 1 saturated heterocycles. The Morgan fingerprint density at radius 2 is 1.82 bits per heavy atom. The van der Waals surface area contributed by atoms with Gasteiger partial charge in [-0.1, -0.05) is 32.0 Å². The van der Waals surface area contributed by atoms with Crippen LogP contribution in [0.5, 0.6) is 0 Å². The van der Waals surface area contributed by atoms with Gasteiger partial charge in [0.2, 0.25) is 0 Å². The summed E-state index contributed by atoms with van der Waals surface area (Å²) in [6.45, 7) is 7.63. The van der Waals surface area contributed by atoms with Crippen molar-refractivity contribution >= 4 is 21.6 Å². The Morgan fingerprint density at radius 3 is 2.50 bits per heavy atom. The van der Waals surface area contributed by atoms with Crippen LogP contribution in [0.15, 0.2) is 53.4 Å². The van der Waals surface area contributed by atoms with E-state index in [1.165, 1.54) is 17.4 Å². The van der Waals surface area contributed by atoms with Crippen molar-refractivity contribution in [2.75, 3.05) is 24.4 Å². The molecule has 3 rings (SSSR count). The fraction of sp³-hybridized carbons (Fsp3) is 0.409. The fourth-order valence-corrected chi connectivity index (χ4v) is 4.92. The summed E-state index contributed by atoms with van der Waals surface area (Å²) in [5.74, 6) is -0.108. The second-order valence-corrected chi connectivity index (χ2v) is 10.3. The maximum Gasteiger partial charge on any atom is 0.264 e. The number of aryl methyl sites for hydroxylation is 1. The fourth-order valence-electron chi connectivity index (χ4n) is 3.69. The molecule has 0 unspecified atom stereocenters. The first-order chi connectivity index (χ1) is 13.1. The van der Waals surface area contributed by atoms with E-state index in [4.69, 9.17) is 0 Å². The SMILES string of the molecule is Cc1cccc(N(C)S(=O)(=O)c2cccc(C(=O)N3CCCC(C)(C)C3)c2)c1. The predicted octanol–water partition coefficient (Wildman–Crippen LogP) is 4.08.